The van der Waals surface area contributed by atoms with E-state index in [9.17, 15) is 4.79 Å². The molecule has 3 rings (SSSR count). The fourth-order valence-corrected chi connectivity index (χ4v) is 3.00. The summed E-state index contributed by atoms with van der Waals surface area (Å²) in [5.74, 6) is -0.146. The monoisotopic (exact) mass is 277 g/mol. The highest BCUT2D eigenvalue weighted by Gasteiger charge is 2.27. The van der Waals surface area contributed by atoms with Crippen LogP contribution in [0, 0.1) is 0 Å². The van der Waals surface area contributed by atoms with Crippen LogP contribution in [0.3, 0.4) is 0 Å². The number of nitrogens with zero attached hydrogens (tertiary/aromatic N) is 3. The quantitative estimate of drug-likeness (QED) is 0.727. The summed E-state index contributed by atoms with van der Waals surface area (Å²) in [6, 6.07) is 3.94. The van der Waals surface area contributed by atoms with Gasteiger partial charge in [-0.25, -0.2) is 0 Å². The number of morpholine rings is 1. The molecule has 0 atom stereocenters. The van der Waals surface area contributed by atoms with E-state index in [1.165, 1.54) is 11.8 Å². The maximum Gasteiger partial charge on any atom is 0.286 e. The first kappa shape index (κ1) is 12.5. The molecule has 0 unspecified atom stereocenters. The fraction of sp³-hybridized carbons (Fsp3) is 0.385. The number of amides is 1. The van der Waals surface area contributed by atoms with Gasteiger partial charge < -0.3 is 14.2 Å². The van der Waals surface area contributed by atoms with E-state index in [1.807, 2.05) is 36.0 Å². The third kappa shape index (κ3) is 2.59. The number of aliphatic imine (C=N–C) groups is 1. The van der Waals surface area contributed by atoms with Crippen LogP contribution in [0.4, 0.5) is 0 Å². The van der Waals surface area contributed by atoms with Gasteiger partial charge in [-0.05, 0) is 30.0 Å². The standard InChI is InChI=1S/C13H15N3O2S/c1-15-4-2-3-10(15)9-11-12(17)14-13(19-11)16-5-7-18-8-6-16/h2-4,9H,5-8H2,1H3/b11-9-. The van der Waals surface area contributed by atoms with Gasteiger partial charge in [-0.1, -0.05) is 0 Å². The molecular formula is C13H15N3O2S. The molecule has 2 aliphatic rings. The number of hydrogen-bond acceptors (Lipinski definition) is 4. The minimum atomic E-state index is -0.146. The second-order valence-corrected chi connectivity index (χ2v) is 5.46. The number of thioether (sulfide) groups is 1. The van der Waals surface area contributed by atoms with Crippen LogP contribution < -0.4 is 0 Å². The van der Waals surface area contributed by atoms with E-state index in [0.29, 0.717) is 18.1 Å². The van der Waals surface area contributed by atoms with Crippen molar-refractivity contribution in [3.05, 3.63) is 28.9 Å². The van der Waals surface area contributed by atoms with Gasteiger partial charge in [-0.2, -0.15) is 4.99 Å². The first-order valence-corrected chi connectivity index (χ1v) is 7.02. The van der Waals surface area contributed by atoms with Crippen molar-refractivity contribution >= 4 is 28.9 Å². The molecule has 6 heteroatoms. The summed E-state index contributed by atoms with van der Waals surface area (Å²) in [5.41, 5.74) is 1.01. The minimum absolute atomic E-state index is 0.146. The molecule has 0 radical (unpaired) electrons. The third-order valence-corrected chi connectivity index (χ3v) is 4.20. The van der Waals surface area contributed by atoms with Gasteiger partial charge in [-0.3, -0.25) is 4.79 Å². The molecular weight excluding hydrogens is 262 g/mol. The number of aromatic nitrogens is 1. The minimum Gasteiger partial charge on any atom is -0.378 e. The lowest BCUT2D eigenvalue weighted by Gasteiger charge is -2.27. The molecule has 1 saturated heterocycles. The molecule has 3 heterocycles. The highest BCUT2D eigenvalue weighted by atomic mass is 32.2. The van der Waals surface area contributed by atoms with Crippen molar-refractivity contribution in [1.29, 1.82) is 0 Å². The van der Waals surface area contributed by atoms with Crippen molar-refractivity contribution in [1.82, 2.24) is 9.47 Å². The average molecular weight is 277 g/mol. The SMILES string of the molecule is Cn1cccc1/C=C1\SC(N2CCOCC2)=NC1=O. The topological polar surface area (TPSA) is 46.8 Å². The van der Waals surface area contributed by atoms with Crippen molar-refractivity contribution < 1.29 is 9.53 Å². The molecule has 0 aromatic carbocycles. The zero-order valence-electron chi connectivity index (χ0n) is 10.7. The zero-order chi connectivity index (χ0) is 13.2. The number of aryl methyl sites for hydroxylation is 1. The lowest BCUT2D eigenvalue weighted by molar-refractivity contribution is -0.113. The molecule has 19 heavy (non-hydrogen) atoms. The Hall–Kier alpha value is -1.53. The maximum absolute atomic E-state index is 11.9. The summed E-state index contributed by atoms with van der Waals surface area (Å²) >= 11 is 1.45. The van der Waals surface area contributed by atoms with Crippen LogP contribution in [-0.4, -0.2) is 46.8 Å². The van der Waals surface area contributed by atoms with Gasteiger partial charge in [0.15, 0.2) is 5.17 Å². The van der Waals surface area contributed by atoms with E-state index >= 15 is 0 Å². The largest absolute Gasteiger partial charge is 0.378 e. The van der Waals surface area contributed by atoms with E-state index in [4.69, 9.17) is 4.74 Å². The summed E-state index contributed by atoms with van der Waals surface area (Å²) in [7, 11) is 1.96. The van der Waals surface area contributed by atoms with Crippen molar-refractivity contribution in [3.63, 3.8) is 0 Å². The first-order chi connectivity index (χ1) is 9.24. The van der Waals surface area contributed by atoms with Crippen LogP contribution in [0.1, 0.15) is 5.69 Å². The van der Waals surface area contributed by atoms with E-state index in [2.05, 4.69) is 9.89 Å². The lowest BCUT2D eigenvalue weighted by Crippen LogP contribution is -2.38. The molecule has 0 aliphatic carbocycles. The summed E-state index contributed by atoms with van der Waals surface area (Å²) in [5, 5.41) is 0.800. The Balaban J connectivity index is 1.76. The van der Waals surface area contributed by atoms with Crippen molar-refractivity contribution in [2.75, 3.05) is 26.3 Å². The Morgan fingerprint density at radius 3 is 2.89 bits per heavy atom. The number of ether oxygens (including phenoxy) is 1. The number of amidine groups is 1. The molecule has 0 bridgehead atoms. The predicted molar refractivity (Wildman–Crippen MR) is 75.8 cm³/mol. The molecule has 0 spiro atoms. The normalized spacial score (nSPS) is 22.2. The number of carbonyl (C=O) groups excluding carboxylic acids is 1. The molecule has 2 aliphatic heterocycles. The van der Waals surface area contributed by atoms with E-state index in [-0.39, 0.29) is 5.91 Å². The summed E-state index contributed by atoms with van der Waals surface area (Å²) < 4.78 is 7.28. The van der Waals surface area contributed by atoms with Crippen LogP contribution in [-0.2, 0) is 16.6 Å². The second-order valence-electron chi connectivity index (χ2n) is 4.45. The molecule has 100 valence electrons. The van der Waals surface area contributed by atoms with Crippen LogP contribution in [0.5, 0.6) is 0 Å². The fourth-order valence-electron chi connectivity index (χ4n) is 2.05. The lowest BCUT2D eigenvalue weighted by atomic mass is 10.3. The molecule has 1 aromatic rings. The number of hydrogen-bond donors (Lipinski definition) is 0. The van der Waals surface area contributed by atoms with E-state index < -0.39 is 0 Å². The molecule has 0 N–H and O–H groups in total. The molecule has 1 aromatic heterocycles. The Labute approximate surface area is 115 Å². The molecule has 1 amide bonds. The van der Waals surface area contributed by atoms with Crippen LogP contribution in [0.15, 0.2) is 28.2 Å². The van der Waals surface area contributed by atoms with E-state index in [1.54, 1.807) is 0 Å². The predicted octanol–water partition coefficient (Wildman–Crippen LogP) is 1.33. The highest BCUT2D eigenvalue weighted by Crippen LogP contribution is 2.30. The summed E-state index contributed by atoms with van der Waals surface area (Å²) in [4.78, 5) is 18.9. The second kappa shape index (κ2) is 5.22. The van der Waals surface area contributed by atoms with Crippen LogP contribution in [0.2, 0.25) is 0 Å². The Morgan fingerprint density at radius 2 is 2.21 bits per heavy atom. The Kier molecular flexibility index (Phi) is 3.44. The maximum atomic E-state index is 11.9. The van der Waals surface area contributed by atoms with Gasteiger partial charge in [-0.15, -0.1) is 0 Å². The third-order valence-electron chi connectivity index (χ3n) is 3.15. The van der Waals surface area contributed by atoms with Gasteiger partial charge in [0.2, 0.25) is 0 Å². The van der Waals surface area contributed by atoms with Gasteiger partial charge >= 0.3 is 0 Å². The average Bonchev–Trinajstić information content (AvgIpc) is 2.99. The van der Waals surface area contributed by atoms with Crippen LogP contribution >= 0.6 is 11.8 Å². The first-order valence-electron chi connectivity index (χ1n) is 6.20. The van der Waals surface area contributed by atoms with E-state index in [0.717, 1.165) is 24.0 Å². The molecule has 1 fully saturated rings. The Morgan fingerprint density at radius 1 is 1.42 bits per heavy atom. The Bertz CT molecular complexity index is 556. The van der Waals surface area contributed by atoms with Crippen LogP contribution in [0.25, 0.3) is 6.08 Å². The van der Waals surface area contributed by atoms with Gasteiger partial charge in [0.1, 0.15) is 0 Å². The highest BCUT2D eigenvalue weighted by molar-refractivity contribution is 8.18. The summed E-state index contributed by atoms with van der Waals surface area (Å²) in [6.07, 6.45) is 3.85. The smallest absolute Gasteiger partial charge is 0.286 e. The zero-order valence-corrected chi connectivity index (χ0v) is 11.5. The molecule has 0 saturated carbocycles. The van der Waals surface area contributed by atoms with Crippen molar-refractivity contribution in [2.24, 2.45) is 12.0 Å². The van der Waals surface area contributed by atoms with Gasteiger partial charge in [0.25, 0.3) is 5.91 Å². The van der Waals surface area contributed by atoms with Gasteiger partial charge in [0.05, 0.1) is 18.1 Å². The number of carbonyl (C=O) groups is 1. The van der Waals surface area contributed by atoms with Crippen molar-refractivity contribution in [2.45, 2.75) is 0 Å². The van der Waals surface area contributed by atoms with Gasteiger partial charge in [0, 0.05) is 32.0 Å². The molecule has 5 nitrogen and oxygen atoms in total. The number of rotatable bonds is 1. The van der Waals surface area contributed by atoms with Crippen molar-refractivity contribution in [3.8, 4) is 0 Å². The summed E-state index contributed by atoms with van der Waals surface area (Å²) in [6.45, 7) is 3.00.